The lowest BCUT2D eigenvalue weighted by molar-refractivity contribution is -0.120. The van der Waals surface area contributed by atoms with Crippen molar-refractivity contribution in [2.45, 2.75) is 37.2 Å². The lowest BCUT2D eigenvalue weighted by Crippen LogP contribution is -2.33. The lowest BCUT2D eigenvalue weighted by Gasteiger charge is -2.18. The Morgan fingerprint density at radius 3 is 2.56 bits per heavy atom. The summed E-state index contributed by atoms with van der Waals surface area (Å²) in [5.74, 6) is -0.931. The Labute approximate surface area is 198 Å². The molecule has 0 radical (unpaired) electrons. The third-order valence-electron chi connectivity index (χ3n) is 4.63. The standard InChI is InChI=1S/C21H20Cl2N4O4S/c1-9-7-14(20(30)31-4)16-17(24-9)26-21(27-19(16)29)32-11(3)18(28)25-10(2)13-6-5-12(22)8-15(13)23/h5-8,10-11H,1-4H3,(H,25,28)(H,24,26,27,29). The molecule has 0 spiro atoms. The van der Waals surface area contributed by atoms with Crippen LogP contribution in [0.1, 0.15) is 41.5 Å². The first-order valence-corrected chi connectivity index (χ1v) is 11.2. The maximum Gasteiger partial charge on any atom is 0.338 e. The van der Waals surface area contributed by atoms with E-state index in [-0.39, 0.29) is 33.7 Å². The number of esters is 1. The van der Waals surface area contributed by atoms with Crippen LogP contribution < -0.4 is 10.9 Å². The maximum atomic E-state index is 12.7. The van der Waals surface area contributed by atoms with E-state index >= 15 is 0 Å². The van der Waals surface area contributed by atoms with E-state index in [0.29, 0.717) is 15.7 Å². The molecular formula is C21H20Cl2N4O4S. The van der Waals surface area contributed by atoms with Gasteiger partial charge in [-0.1, -0.05) is 41.0 Å². The SMILES string of the molecule is COC(=O)c1cc(C)nc2nc(SC(C)C(=O)NC(C)c3ccc(Cl)cc3Cl)[nH]c(=O)c12. The average Bonchev–Trinajstić information content (AvgIpc) is 2.71. The number of hydrogen-bond donors (Lipinski definition) is 2. The number of halogens is 2. The van der Waals surface area contributed by atoms with Gasteiger partial charge in [-0.25, -0.2) is 14.8 Å². The van der Waals surface area contributed by atoms with Gasteiger partial charge in [0.05, 0.1) is 29.4 Å². The number of aromatic nitrogens is 3. The third-order valence-corrected chi connectivity index (χ3v) is 6.18. The molecule has 3 aromatic rings. The first-order valence-electron chi connectivity index (χ1n) is 9.52. The maximum absolute atomic E-state index is 12.7. The van der Waals surface area contributed by atoms with Crippen LogP contribution in [0, 0.1) is 6.92 Å². The fourth-order valence-corrected chi connectivity index (χ4v) is 4.43. The van der Waals surface area contributed by atoms with Gasteiger partial charge in [0, 0.05) is 15.7 Å². The van der Waals surface area contributed by atoms with Gasteiger partial charge < -0.3 is 15.0 Å². The fraction of sp³-hybridized carbons (Fsp3) is 0.286. The second kappa shape index (κ2) is 9.89. The number of thioether (sulfide) groups is 1. The number of carbonyl (C=O) groups is 2. The monoisotopic (exact) mass is 494 g/mol. The Bertz CT molecular complexity index is 1260. The van der Waals surface area contributed by atoms with Crippen molar-refractivity contribution in [2.75, 3.05) is 7.11 Å². The normalized spacial score (nSPS) is 12.9. The molecular weight excluding hydrogens is 475 g/mol. The summed E-state index contributed by atoms with van der Waals surface area (Å²) in [6, 6.07) is 6.18. The number of nitrogens with one attached hydrogen (secondary N) is 2. The van der Waals surface area contributed by atoms with Crippen LogP contribution in [0.15, 0.2) is 34.2 Å². The summed E-state index contributed by atoms with van der Waals surface area (Å²) in [6.07, 6.45) is 0. The number of amides is 1. The van der Waals surface area contributed by atoms with Crippen LogP contribution in [0.3, 0.4) is 0 Å². The second-order valence-electron chi connectivity index (χ2n) is 7.03. The van der Waals surface area contributed by atoms with Gasteiger partial charge >= 0.3 is 5.97 Å². The quantitative estimate of drug-likeness (QED) is 0.301. The van der Waals surface area contributed by atoms with Crippen molar-refractivity contribution in [3.05, 3.63) is 61.5 Å². The molecule has 2 heterocycles. The Hall–Kier alpha value is -2.62. The first-order chi connectivity index (χ1) is 15.1. The zero-order chi connectivity index (χ0) is 23.6. The van der Waals surface area contributed by atoms with Crippen molar-refractivity contribution in [3.63, 3.8) is 0 Å². The molecule has 8 nitrogen and oxygen atoms in total. The number of aromatic amines is 1. The number of H-pyrrole nitrogens is 1. The van der Waals surface area contributed by atoms with Crippen molar-refractivity contribution in [1.29, 1.82) is 0 Å². The van der Waals surface area contributed by atoms with Gasteiger partial charge in [-0.15, -0.1) is 0 Å². The lowest BCUT2D eigenvalue weighted by atomic mass is 10.1. The molecule has 3 rings (SSSR count). The van der Waals surface area contributed by atoms with E-state index in [1.165, 1.54) is 13.2 Å². The highest BCUT2D eigenvalue weighted by molar-refractivity contribution is 8.00. The van der Waals surface area contributed by atoms with E-state index in [9.17, 15) is 14.4 Å². The second-order valence-corrected chi connectivity index (χ2v) is 9.20. The summed E-state index contributed by atoms with van der Waals surface area (Å²) >= 11 is 13.2. The molecule has 1 aromatic carbocycles. The van der Waals surface area contributed by atoms with E-state index in [2.05, 4.69) is 20.3 Å². The van der Waals surface area contributed by atoms with E-state index in [4.69, 9.17) is 27.9 Å². The van der Waals surface area contributed by atoms with Gasteiger partial charge in [-0.05, 0) is 44.5 Å². The van der Waals surface area contributed by atoms with Gasteiger partial charge in [-0.3, -0.25) is 9.59 Å². The summed E-state index contributed by atoms with van der Waals surface area (Å²) < 4.78 is 4.75. The molecule has 11 heteroatoms. The number of benzene rings is 1. The number of nitrogens with zero attached hydrogens (tertiary/aromatic N) is 2. The van der Waals surface area contributed by atoms with Crippen LogP contribution in [0.25, 0.3) is 11.0 Å². The molecule has 2 N–H and O–H groups in total. The summed E-state index contributed by atoms with van der Waals surface area (Å²) in [6.45, 7) is 5.17. The Morgan fingerprint density at radius 1 is 1.19 bits per heavy atom. The molecule has 0 aliphatic heterocycles. The molecule has 0 saturated heterocycles. The minimum atomic E-state index is -0.657. The van der Waals surface area contributed by atoms with E-state index in [1.807, 2.05) is 6.92 Å². The number of aryl methyl sites for hydroxylation is 1. The number of rotatable bonds is 6. The number of hydrogen-bond acceptors (Lipinski definition) is 7. The Balaban J connectivity index is 1.81. The molecule has 1 amide bonds. The molecule has 0 fully saturated rings. The number of fused-ring (bicyclic) bond motifs is 1. The van der Waals surface area contributed by atoms with Crippen LogP contribution in [0.5, 0.6) is 0 Å². The van der Waals surface area contributed by atoms with Crippen molar-refractivity contribution in [1.82, 2.24) is 20.3 Å². The fourth-order valence-electron chi connectivity index (χ4n) is 3.05. The molecule has 168 valence electrons. The Morgan fingerprint density at radius 2 is 1.91 bits per heavy atom. The molecule has 32 heavy (non-hydrogen) atoms. The van der Waals surface area contributed by atoms with Gasteiger partial charge in [0.15, 0.2) is 10.8 Å². The number of pyridine rings is 1. The van der Waals surface area contributed by atoms with Gasteiger partial charge in [0.1, 0.15) is 0 Å². The Kier molecular flexibility index (Phi) is 7.43. The first kappa shape index (κ1) is 24.0. The highest BCUT2D eigenvalue weighted by atomic mass is 35.5. The van der Waals surface area contributed by atoms with Gasteiger partial charge in [0.25, 0.3) is 5.56 Å². The number of carbonyl (C=O) groups excluding carboxylic acids is 2. The summed E-state index contributed by atoms with van der Waals surface area (Å²) in [4.78, 5) is 48.6. The van der Waals surface area contributed by atoms with E-state index in [1.54, 1.807) is 32.0 Å². The number of methoxy groups -OCH3 is 1. The molecule has 0 aliphatic rings. The predicted molar refractivity (Wildman–Crippen MR) is 125 cm³/mol. The van der Waals surface area contributed by atoms with E-state index < -0.39 is 16.8 Å². The molecule has 2 unspecified atom stereocenters. The van der Waals surface area contributed by atoms with Crippen LogP contribution in [-0.2, 0) is 9.53 Å². The van der Waals surface area contributed by atoms with Crippen LogP contribution in [-0.4, -0.2) is 39.2 Å². The van der Waals surface area contributed by atoms with Gasteiger partial charge in [-0.2, -0.15) is 0 Å². The molecule has 0 bridgehead atoms. The van der Waals surface area contributed by atoms with Crippen LogP contribution in [0.4, 0.5) is 0 Å². The largest absolute Gasteiger partial charge is 0.465 e. The predicted octanol–water partition coefficient (Wildman–Crippen LogP) is 4.08. The van der Waals surface area contributed by atoms with Gasteiger partial charge in [0.2, 0.25) is 5.91 Å². The van der Waals surface area contributed by atoms with Crippen molar-refractivity contribution in [2.24, 2.45) is 0 Å². The molecule has 2 aromatic heterocycles. The minimum Gasteiger partial charge on any atom is -0.465 e. The van der Waals surface area contributed by atoms with E-state index in [0.717, 1.165) is 17.3 Å². The van der Waals surface area contributed by atoms with Crippen molar-refractivity contribution >= 4 is 57.9 Å². The minimum absolute atomic E-state index is 0.0370. The highest BCUT2D eigenvalue weighted by Gasteiger charge is 2.22. The van der Waals surface area contributed by atoms with Crippen LogP contribution in [0.2, 0.25) is 10.0 Å². The topological polar surface area (TPSA) is 114 Å². The highest BCUT2D eigenvalue weighted by Crippen LogP contribution is 2.27. The number of ether oxygens (including phenoxy) is 1. The molecule has 2 atom stereocenters. The van der Waals surface area contributed by atoms with Crippen molar-refractivity contribution in [3.8, 4) is 0 Å². The zero-order valence-electron chi connectivity index (χ0n) is 17.7. The molecule has 0 saturated carbocycles. The summed E-state index contributed by atoms with van der Waals surface area (Å²) in [7, 11) is 1.23. The van der Waals surface area contributed by atoms with Crippen molar-refractivity contribution < 1.29 is 14.3 Å². The van der Waals surface area contributed by atoms with Crippen LogP contribution >= 0.6 is 35.0 Å². The average molecular weight is 495 g/mol. The summed E-state index contributed by atoms with van der Waals surface area (Å²) in [5.41, 5.74) is 0.880. The summed E-state index contributed by atoms with van der Waals surface area (Å²) in [5, 5.41) is 3.50. The molecule has 0 aliphatic carbocycles. The smallest absolute Gasteiger partial charge is 0.338 e. The zero-order valence-corrected chi connectivity index (χ0v) is 20.0. The third kappa shape index (κ3) is 5.23.